The van der Waals surface area contributed by atoms with E-state index in [-0.39, 0.29) is 12.1 Å². The molecular weight excluding hydrogens is 222 g/mol. The fourth-order valence-electron chi connectivity index (χ4n) is 2.92. The van der Waals surface area contributed by atoms with E-state index in [1.807, 2.05) is 0 Å². The highest BCUT2D eigenvalue weighted by Gasteiger charge is 2.36. The fraction of sp³-hybridized carbons (Fsp3) is 1.00. The summed E-state index contributed by atoms with van der Waals surface area (Å²) in [5.74, 6) is 0. The van der Waals surface area contributed by atoms with Crippen molar-refractivity contribution in [1.82, 2.24) is 4.90 Å². The number of aliphatic hydroxyl groups is 1. The van der Waals surface area contributed by atoms with Crippen LogP contribution >= 0.6 is 0 Å². The lowest BCUT2D eigenvalue weighted by molar-refractivity contribution is 0.0317. The summed E-state index contributed by atoms with van der Waals surface area (Å²) in [4.78, 5) is 2.50. The van der Waals surface area contributed by atoms with Crippen molar-refractivity contribution in [3.63, 3.8) is 0 Å². The van der Waals surface area contributed by atoms with Gasteiger partial charge in [-0.2, -0.15) is 0 Å². The van der Waals surface area contributed by atoms with E-state index in [0.717, 1.165) is 25.9 Å². The Morgan fingerprint density at radius 1 is 0.889 bits per heavy atom. The normalized spacial score (nSPS) is 16.0. The van der Waals surface area contributed by atoms with Crippen LogP contribution in [-0.2, 0) is 0 Å². The van der Waals surface area contributed by atoms with Gasteiger partial charge < -0.3 is 5.11 Å². The van der Waals surface area contributed by atoms with Crippen LogP contribution < -0.4 is 0 Å². The Hall–Kier alpha value is -0.0800. The van der Waals surface area contributed by atoms with Crippen molar-refractivity contribution in [2.45, 2.75) is 79.2 Å². The zero-order valence-electron chi connectivity index (χ0n) is 13.6. The van der Waals surface area contributed by atoms with Crippen molar-refractivity contribution in [1.29, 1.82) is 0 Å². The molecule has 0 bridgehead atoms. The maximum Gasteiger partial charge on any atom is 0.0558 e. The first-order chi connectivity index (χ1) is 8.41. The molecule has 0 aromatic heterocycles. The molecule has 0 aromatic carbocycles. The van der Waals surface area contributed by atoms with Crippen molar-refractivity contribution < 1.29 is 5.11 Å². The Balaban J connectivity index is 4.93. The highest BCUT2D eigenvalue weighted by Crippen LogP contribution is 2.39. The highest BCUT2D eigenvalue weighted by atomic mass is 16.3. The summed E-state index contributed by atoms with van der Waals surface area (Å²) in [5.41, 5.74) is 0.645. The summed E-state index contributed by atoms with van der Waals surface area (Å²) in [6, 6.07) is 0. The van der Waals surface area contributed by atoms with E-state index < -0.39 is 0 Å². The van der Waals surface area contributed by atoms with E-state index in [4.69, 9.17) is 0 Å². The molecule has 1 unspecified atom stereocenters. The second kappa shape index (κ2) is 8.16. The minimum atomic E-state index is 0.222. The lowest BCUT2D eigenvalue weighted by atomic mass is 9.72. The van der Waals surface area contributed by atoms with Crippen LogP contribution in [0.2, 0.25) is 0 Å². The molecular formula is C16H35NO. The van der Waals surface area contributed by atoms with Crippen LogP contribution in [0.3, 0.4) is 0 Å². The van der Waals surface area contributed by atoms with Gasteiger partial charge in [0.25, 0.3) is 0 Å². The standard InChI is InChI=1S/C16H35NO/c1-7-11-17(12-13-18)16(6,10-4)14-15(5,8-2)9-3/h18H,7-14H2,1-6H3. The van der Waals surface area contributed by atoms with Crippen molar-refractivity contribution >= 4 is 0 Å². The summed E-state index contributed by atoms with van der Waals surface area (Å²) >= 11 is 0. The number of hydrogen-bond acceptors (Lipinski definition) is 2. The predicted octanol–water partition coefficient (Wildman–Crippen LogP) is 4.08. The molecule has 2 heteroatoms. The average Bonchev–Trinajstić information content (AvgIpc) is 2.38. The van der Waals surface area contributed by atoms with Gasteiger partial charge >= 0.3 is 0 Å². The lowest BCUT2D eigenvalue weighted by Gasteiger charge is -2.46. The molecule has 0 aliphatic rings. The largest absolute Gasteiger partial charge is 0.395 e. The molecule has 2 nitrogen and oxygen atoms in total. The van der Waals surface area contributed by atoms with Gasteiger partial charge in [-0.05, 0) is 38.1 Å². The van der Waals surface area contributed by atoms with E-state index in [0.29, 0.717) is 5.41 Å². The molecule has 0 amide bonds. The first kappa shape index (κ1) is 17.9. The first-order valence-corrected chi connectivity index (χ1v) is 7.77. The molecule has 110 valence electrons. The van der Waals surface area contributed by atoms with Gasteiger partial charge in [0.05, 0.1) is 6.61 Å². The molecule has 0 rings (SSSR count). The fourth-order valence-corrected chi connectivity index (χ4v) is 2.92. The van der Waals surface area contributed by atoms with Crippen molar-refractivity contribution in [3.05, 3.63) is 0 Å². The number of rotatable bonds is 10. The first-order valence-electron chi connectivity index (χ1n) is 7.77. The topological polar surface area (TPSA) is 23.5 Å². The van der Waals surface area contributed by atoms with E-state index in [1.54, 1.807) is 0 Å². The molecule has 1 N–H and O–H groups in total. The van der Waals surface area contributed by atoms with Crippen LogP contribution in [0.4, 0.5) is 0 Å². The molecule has 0 heterocycles. The molecule has 0 saturated carbocycles. The van der Waals surface area contributed by atoms with Crippen molar-refractivity contribution in [2.24, 2.45) is 5.41 Å². The Bertz CT molecular complexity index is 207. The van der Waals surface area contributed by atoms with E-state index >= 15 is 0 Å². The third kappa shape index (κ3) is 4.89. The minimum absolute atomic E-state index is 0.222. The highest BCUT2D eigenvalue weighted by molar-refractivity contribution is 4.91. The molecule has 0 aromatic rings. The van der Waals surface area contributed by atoms with Gasteiger partial charge in [0.1, 0.15) is 0 Å². The number of aliphatic hydroxyl groups excluding tert-OH is 1. The molecule has 0 aliphatic heterocycles. The van der Waals surface area contributed by atoms with Crippen LogP contribution in [0, 0.1) is 5.41 Å². The van der Waals surface area contributed by atoms with Crippen molar-refractivity contribution in [3.8, 4) is 0 Å². The third-order valence-corrected chi connectivity index (χ3v) is 4.90. The molecule has 18 heavy (non-hydrogen) atoms. The lowest BCUT2D eigenvalue weighted by Crippen LogP contribution is -2.50. The minimum Gasteiger partial charge on any atom is -0.395 e. The Morgan fingerprint density at radius 3 is 1.78 bits per heavy atom. The number of nitrogens with zero attached hydrogens (tertiary/aromatic N) is 1. The van der Waals surface area contributed by atoms with Gasteiger partial charge in [-0.25, -0.2) is 0 Å². The molecule has 1 atom stereocenters. The van der Waals surface area contributed by atoms with Gasteiger partial charge in [-0.15, -0.1) is 0 Å². The zero-order chi connectivity index (χ0) is 14.2. The smallest absolute Gasteiger partial charge is 0.0558 e. The van der Waals surface area contributed by atoms with E-state index in [2.05, 4.69) is 46.4 Å². The number of β-amino-alcohol motifs (C(OH)–C–C–N with tert-alkyl or cyclic N) is 1. The molecule has 0 spiro atoms. The summed E-state index contributed by atoms with van der Waals surface area (Å²) in [6.07, 6.45) is 6.01. The van der Waals surface area contributed by atoms with Crippen LogP contribution in [-0.4, -0.2) is 35.2 Å². The number of hydrogen-bond donors (Lipinski definition) is 1. The summed E-state index contributed by atoms with van der Waals surface area (Å²) in [6.45, 7) is 16.1. The van der Waals surface area contributed by atoms with Gasteiger partial charge in [0.2, 0.25) is 0 Å². The molecule has 0 radical (unpaired) electrons. The van der Waals surface area contributed by atoms with Crippen LogP contribution in [0.15, 0.2) is 0 Å². The predicted molar refractivity (Wildman–Crippen MR) is 81.0 cm³/mol. The van der Waals surface area contributed by atoms with Crippen LogP contribution in [0.25, 0.3) is 0 Å². The van der Waals surface area contributed by atoms with E-state index in [1.165, 1.54) is 19.3 Å². The molecule has 0 saturated heterocycles. The maximum absolute atomic E-state index is 9.29. The summed E-state index contributed by atoms with van der Waals surface area (Å²) in [5, 5.41) is 9.29. The summed E-state index contributed by atoms with van der Waals surface area (Å²) < 4.78 is 0. The monoisotopic (exact) mass is 257 g/mol. The quantitative estimate of drug-likeness (QED) is 0.637. The molecule has 0 fully saturated rings. The van der Waals surface area contributed by atoms with Gasteiger partial charge in [-0.3, -0.25) is 4.90 Å². The van der Waals surface area contributed by atoms with Crippen LogP contribution in [0.5, 0.6) is 0 Å². The Morgan fingerprint density at radius 2 is 1.44 bits per heavy atom. The van der Waals surface area contributed by atoms with Crippen LogP contribution in [0.1, 0.15) is 73.6 Å². The maximum atomic E-state index is 9.29. The zero-order valence-corrected chi connectivity index (χ0v) is 13.6. The Labute approximate surface area is 115 Å². The van der Waals surface area contributed by atoms with Crippen molar-refractivity contribution in [2.75, 3.05) is 19.7 Å². The van der Waals surface area contributed by atoms with E-state index in [9.17, 15) is 5.11 Å². The Kier molecular flexibility index (Phi) is 8.13. The SMILES string of the molecule is CCCN(CCO)C(C)(CC)CC(C)(CC)CC. The second-order valence-corrected chi connectivity index (χ2v) is 6.26. The van der Waals surface area contributed by atoms with Gasteiger partial charge in [0, 0.05) is 12.1 Å². The molecule has 0 aliphatic carbocycles. The third-order valence-electron chi connectivity index (χ3n) is 4.90. The van der Waals surface area contributed by atoms with Gasteiger partial charge in [0.15, 0.2) is 0 Å². The average molecular weight is 257 g/mol. The summed E-state index contributed by atoms with van der Waals surface area (Å²) in [7, 11) is 0. The van der Waals surface area contributed by atoms with Gasteiger partial charge in [-0.1, -0.05) is 47.5 Å². The second-order valence-electron chi connectivity index (χ2n) is 6.26.